The topological polar surface area (TPSA) is 46.6 Å². The lowest BCUT2D eigenvalue weighted by Crippen LogP contribution is -2.23. The van der Waals surface area contributed by atoms with E-state index < -0.39 is 0 Å². The minimum absolute atomic E-state index is 0.178. The first-order chi connectivity index (χ1) is 6.75. The maximum absolute atomic E-state index is 11.1. The van der Waals surface area contributed by atoms with E-state index in [2.05, 4.69) is 9.64 Å². The van der Waals surface area contributed by atoms with Gasteiger partial charge in [0.15, 0.2) is 0 Å². The number of hydrogen-bond donors (Lipinski definition) is 0. The van der Waals surface area contributed by atoms with Crippen molar-refractivity contribution >= 4 is 11.9 Å². The van der Waals surface area contributed by atoms with E-state index in [-0.39, 0.29) is 24.3 Å². The number of hydrogen-bond acceptors (Lipinski definition) is 4. The predicted octanol–water partition coefficient (Wildman–Crippen LogP) is 0.562. The van der Waals surface area contributed by atoms with Crippen molar-refractivity contribution in [3.63, 3.8) is 0 Å². The Morgan fingerprint density at radius 3 is 2.57 bits per heavy atom. The minimum atomic E-state index is -0.360. The molecule has 0 aliphatic carbocycles. The number of carbonyl (C=O) groups is 2. The summed E-state index contributed by atoms with van der Waals surface area (Å²) >= 11 is 0. The van der Waals surface area contributed by atoms with Crippen molar-refractivity contribution in [2.45, 2.75) is 25.7 Å². The van der Waals surface area contributed by atoms with E-state index in [0.29, 0.717) is 0 Å². The highest BCUT2D eigenvalue weighted by atomic mass is 16.6. The second kappa shape index (κ2) is 4.09. The molecule has 2 fully saturated rings. The number of esters is 2. The summed E-state index contributed by atoms with van der Waals surface area (Å²) in [5.74, 6) is -0.862. The van der Waals surface area contributed by atoms with Gasteiger partial charge in [0.05, 0.1) is 12.3 Å². The van der Waals surface area contributed by atoms with Gasteiger partial charge >= 0.3 is 11.9 Å². The van der Waals surface area contributed by atoms with E-state index in [1.165, 1.54) is 12.8 Å². The number of cyclic esters (lactones) is 2. The first-order valence-corrected chi connectivity index (χ1v) is 5.22. The van der Waals surface area contributed by atoms with Crippen molar-refractivity contribution < 1.29 is 14.3 Å². The molecule has 14 heavy (non-hydrogen) atoms. The van der Waals surface area contributed by atoms with Gasteiger partial charge in [-0.1, -0.05) is 0 Å². The zero-order chi connectivity index (χ0) is 9.97. The Bertz CT molecular complexity index is 246. The molecule has 0 N–H and O–H groups in total. The van der Waals surface area contributed by atoms with Crippen LogP contribution in [0.15, 0.2) is 0 Å². The summed E-state index contributed by atoms with van der Waals surface area (Å²) in [6.07, 6.45) is 3.57. The molecule has 0 amide bonds. The van der Waals surface area contributed by atoms with Crippen LogP contribution in [0.4, 0.5) is 0 Å². The Balaban J connectivity index is 1.74. The van der Waals surface area contributed by atoms with Gasteiger partial charge in [-0.05, 0) is 38.9 Å². The molecule has 2 saturated heterocycles. The van der Waals surface area contributed by atoms with Crippen molar-refractivity contribution in [2.24, 2.45) is 5.92 Å². The Morgan fingerprint density at radius 1 is 1.29 bits per heavy atom. The first kappa shape index (κ1) is 9.65. The largest absolute Gasteiger partial charge is 0.393 e. The van der Waals surface area contributed by atoms with Crippen molar-refractivity contribution in [1.29, 1.82) is 0 Å². The first-order valence-electron chi connectivity index (χ1n) is 5.22. The SMILES string of the molecule is O=C1CC(CCN2CCCC2)C(=O)O1. The monoisotopic (exact) mass is 197 g/mol. The second-order valence-electron chi connectivity index (χ2n) is 4.03. The maximum Gasteiger partial charge on any atom is 0.317 e. The fourth-order valence-electron chi connectivity index (χ4n) is 2.09. The lowest BCUT2D eigenvalue weighted by atomic mass is 10.0. The maximum atomic E-state index is 11.1. The molecule has 1 atom stereocenters. The Morgan fingerprint density at radius 2 is 2.00 bits per heavy atom. The van der Waals surface area contributed by atoms with E-state index in [9.17, 15) is 9.59 Å². The fraction of sp³-hybridized carbons (Fsp3) is 0.800. The predicted molar refractivity (Wildman–Crippen MR) is 49.5 cm³/mol. The Hall–Kier alpha value is -0.900. The van der Waals surface area contributed by atoms with Gasteiger partial charge in [0.1, 0.15) is 0 Å². The van der Waals surface area contributed by atoms with Crippen LogP contribution in [-0.4, -0.2) is 36.5 Å². The van der Waals surface area contributed by atoms with Crippen LogP contribution in [0.5, 0.6) is 0 Å². The molecule has 1 unspecified atom stereocenters. The molecule has 2 heterocycles. The average molecular weight is 197 g/mol. The molecule has 0 bridgehead atoms. The number of ether oxygens (including phenoxy) is 1. The molecular formula is C10H15NO3. The van der Waals surface area contributed by atoms with Gasteiger partial charge in [0.25, 0.3) is 0 Å². The van der Waals surface area contributed by atoms with Crippen molar-refractivity contribution in [2.75, 3.05) is 19.6 Å². The summed E-state index contributed by atoms with van der Waals surface area (Å²) in [6.45, 7) is 3.19. The standard InChI is InChI=1S/C10H15NO3/c12-9-7-8(10(13)14-9)3-6-11-4-1-2-5-11/h8H,1-7H2. The van der Waals surface area contributed by atoms with Gasteiger partial charge in [0.2, 0.25) is 0 Å². The van der Waals surface area contributed by atoms with Crippen LogP contribution in [-0.2, 0) is 14.3 Å². The molecule has 4 nitrogen and oxygen atoms in total. The van der Waals surface area contributed by atoms with Crippen LogP contribution in [0, 0.1) is 5.92 Å². The second-order valence-corrected chi connectivity index (χ2v) is 4.03. The highest BCUT2D eigenvalue weighted by molar-refractivity contribution is 5.94. The van der Waals surface area contributed by atoms with Crippen molar-refractivity contribution in [3.8, 4) is 0 Å². The third-order valence-electron chi connectivity index (χ3n) is 2.95. The van der Waals surface area contributed by atoms with Crippen LogP contribution in [0.3, 0.4) is 0 Å². The van der Waals surface area contributed by atoms with Gasteiger partial charge in [-0.15, -0.1) is 0 Å². The van der Waals surface area contributed by atoms with Crippen LogP contribution in [0.2, 0.25) is 0 Å². The van der Waals surface area contributed by atoms with Gasteiger partial charge in [-0.2, -0.15) is 0 Å². The molecular weight excluding hydrogens is 182 g/mol. The zero-order valence-corrected chi connectivity index (χ0v) is 8.20. The van der Waals surface area contributed by atoms with Gasteiger partial charge < -0.3 is 9.64 Å². The lowest BCUT2D eigenvalue weighted by molar-refractivity contribution is -0.153. The molecule has 0 aromatic rings. The summed E-state index contributed by atoms with van der Waals surface area (Å²) in [5, 5.41) is 0. The van der Waals surface area contributed by atoms with Crippen molar-refractivity contribution in [3.05, 3.63) is 0 Å². The van der Waals surface area contributed by atoms with Gasteiger partial charge in [-0.25, -0.2) is 0 Å². The smallest absolute Gasteiger partial charge is 0.317 e. The van der Waals surface area contributed by atoms with Crippen LogP contribution in [0.1, 0.15) is 25.7 Å². The highest BCUT2D eigenvalue weighted by Gasteiger charge is 2.33. The van der Waals surface area contributed by atoms with Crippen LogP contribution >= 0.6 is 0 Å². The molecule has 0 aromatic heterocycles. The lowest BCUT2D eigenvalue weighted by Gasteiger charge is -2.15. The van der Waals surface area contributed by atoms with Crippen molar-refractivity contribution in [1.82, 2.24) is 4.90 Å². The normalized spacial score (nSPS) is 28.4. The summed E-state index contributed by atoms with van der Waals surface area (Å²) in [7, 11) is 0. The third-order valence-corrected chi connectivity index (χ3v) is 2.95. The number of likely N-dealkylation sites (tertiary alicyclic amines) is 1. The van der Waals surface area contributed by atoms with E-state index in [4.69, 9.17) is 0 Å². The Kier molecular flexibility index (Phi) is 2.82. The minimum Gasteiger partial charge on any atom is -0.393 e. The van der Waals surface area contributed by atoms with E-state index in [0.717, 1.165) is 26.1 Å². The molecule has 0 saturated carbocycles. The number of nitrogens with zero attached hydrogens (tertiary/aromatic N) is 1. The van der Waals surface area contributed by atoms with E-state index in [1.807, 2.05) is 0 Å². The summed E-state index contributed by atoms with van der Waals surface area (Å²) in [6, 6.07) is 0. The molecule has 78 valence electrons. The fourth-order valence-corrected chi connectivity index (χ4v) is 2.09. The zero-order valence-electron chi connectivity index (χ0n) is 8.20. The molecule has 0 aromatic carbocycles. The summed E-state index contributed by atoms with van der Waals surface area (Å²) < 4.78 is 4.49. The van der Waals surface area contributed by atoms with Gasteiger partial charge in [0, 0.05) is 0 Å². The molecule has 4 heteroatoms. The van der Waals surface area contributed by atoms with E-state index >= 15 is 0 Å². The average Bonchev–Trinajstić information content (AvgIpc) is 2.72. The highest BCUT2D eigenvalue weighted by Crippen LogP contribution is 2.20. The summed E-state index contributed by atoms with van der Waals surface area (Å²) in [5.41, 5.74) is 0. The molecule has 0 radical (unpaired) electrons. The summed E-state index contributed by atoms with van der Waals surface area (Å²) in [4.78, 5) is 24.3. The molecule has 0 spiro atoms. The molecule has 2 aliphatic rings. The Labute approximate surface area is 83.2 Å². The number of carbonyl (C=O) groups excluding carboxylic acids is 2. The van der Waals surface area contributed by atoms with Gasteiger partial charge in [-0.3, -0.25) is 9.59 Å². The van der Waals surface area contributed by atoms with Crippen LogP contribution in [0.25, 0.3) is 0 Å². The molecule has 2 aliphatic heterocycles. The van der Waals surface area contributed by atoms with Crippen LogP contribution < -0.4 is 0 Å². The quantitative estimate of drug-likeness (QED) is 0.490. The molecule has 2 rings (SSSR count). The third kappa shape index (κ3) is 2.12. The van der Waals surface area contributed by atoms with E-state index in [1.54, 1.807) is 0 Å². The number of rotatable bonds is 3.